The topological polar surface area (TPSA) is 49.4 Å². The SMILES string of the molecule is CN(c1cccc(Cl)c1CNC1CC1)C1CCS(=O)(=O)C1. The van der Waals surface area contributed by atoms with E-state index >= 15 is 0 Å². The molecule has 1 aliphatic heterocycles. The van der Waals surface area contributed by atoms with Crippen molar-refractivity contribution in [3.05, 3.63) is 28.8 Å². The minimum atomic E-state index is -2.88. The molecule has 1 saturated carbocycles. The molecule has 0 spiro atoms. The summed E-state index contributed by atoms with van der Waals surface area (Å²) in [6, 6.07) is 6.52. The number of rotatable bonds is 5. The van der Waals surface area contributed by atoms with Crippen molar-refractivity contribution < 1.29 is 8.42 Å². The second-order valence-electron chi connectivity index (χ2n) is 6.06. The first kappa shape index (κ1) is 15.1. The minimum absolute atomic E-state index is 0.0492. The molecule has 1 unspecified atom stereocenters. The minimum Gasteiger partial charge on any atom is -0.370 e. The van der Waals surface area contributed by atoms with Gasteiger partial charge in [0.05, 0.1) is 11.5 Å². The van der Waals surface area contributed by atoms with Crippen LogP contribution in [0.25, 0.3) is 0 Å². The number of nitrogens with zero attached hydrogens (tertiary/aromatic N) is 1. The van der Waals surface area contributed by atoms with Crippen molar-refractivity contribution in [1.82, 2.24) is 5.32 Å². The Morgan fingerprint density at radius 1 is 1.33 bits per heavy atom. The summed E-state index contributed by atoms with van der Waals surface area (Å²) in [5.74, 6) is 0.531. The largest absolute Gasteiger partial charge is 0.370 e. The Morgan fingerprint density at radius 2 is 2.10 bits per heavy atom. The molecule has 0 bridgehead atoms. The van der Waals surface area contributed by atoms with Gasteiger partial charge in [-0.1, -0.05) is 17.7 Å². The van der Waals surface area contributed by atoms with Gasteiger partial charge in [-0.15, -0.1) is 0 Å². The van der Waals surface area contributed by atoms with Crippen molar-refractivity contribution in [1.29, 1.82) is 0 Å². The number of sulfone groups is 1. The van der Waals surface area contributed by atoms with Gasteiger partial charge < -0.3 is 10.2 Å². The predicted octanol–water partition coefficient (Wildman–Crippen LogP) is 2.22. The van der Waals surface area contributed by atoms with Crippen LogP contribution in [-0.4, -0.2) is 39.1 Å². The van der Waals surface area contributed by atoms with Gasteiger partial charge >= 0.3 is 0 Å². The van der Waals surface area contributed by atoms with Crippen LogP contribution in [0.15, 0.2) is 18.2 Å². The van der Waals surface area contributed by atoms with E-state index < -0.39 is 9.84 Å². The number of hydrogen-bond acceptors (Lipinski definition) is 4. The normalized spacial score (nSPS) is 24.2. The first-order valence-corrected chi connectivity index (χ1v) is 9.60. The van der Waals surface area contributed by atoms with Gasteiger partial charge in [-0.05, 0) is 31.4 Å². The van der Waals surface area contributed by atoms with E-state index in [0.717, 1.165) is 22.8 Å². The zero-order chi connectivity index (χ0) is 15.0. The Balaban J connectivity index is 1.81. The maximum atomic E-state index is 11.7. The molecule has 3 rings (SSSR count). The third-order valence-electron chi connectivity index (χ3n) is 4.38. The molecule has 0 radical (unpaired) electrons. The average molecular weight is 329 g/mol. The van der Waals surface area contributed by atoms with Gasteiger partial charge in [0.25, 0.3) is 0 Å². The highest BCUT2D eigenvalue weighted by atomic mass is 35.5. The van der Waals surface area contributed by atoms with E-state index in [1.54, 1.807) is 0 Å². The maximum absolute atomic E-state index is 11.7. The lowest BCUT2D eigenvalue weighted by atomic mass is 10.1. The van der Waals surface area contributed by atoms with Crippen LogP contribution in [-0.2, 0) is 16.4 Å². The van der Waals surface area contributed by atoms with E-state index in [4.69, 9.17) is 11.6 Å². The molecule has 1 aromatic carbocycles. The molecule has 1 aromatic rings. The first-order chi connectivity index (χ1) is 9.96. The number of benzene rings is 1. The smallest absolute Gasteiger partial charge is 0.152 e. The van der Waals surface area contributed by atoms with Crippen LogP contribution in [0, 0.1) is 0 Å². The third-order valence-corrected chi connectivity index (χ3v) is 6.48. The second kappa shape index (κ2) is 5.78. The van der Waals surface area contributed by atoms with Crippen LogP contribution in [0.1, 0.15) is 24.8 Å². The number of halogens is 1. The average Bonchev–Trinajstić information content (AvgIpc) is 3.19. The van der Waals surface area contributed by atoms with Gasteiger partial charge in [-0.3, -0.25) is 0 Å². The second-order valence-corrected chi connectivity index (χ2v) is 8.70. The van der Waals surface area contributed by atoms with Gasteiger partial charge in [-0.2, -0.15) is 0 Å². The van der Waals surface area contributed by atoms with Crippen LogP contribution < -0.4 is 10.2 Å². The Bertz CT molecular complexity index is 629. The first-order valence-electron chi connectivity index (χ1n) is 7.40. The fourth-order valence-corrected chi connectivity index (χ4v) is 4.87. The van der Waals surface area contributed by atoms with Crippen LogP contribution >= 0.6 is 11.6 Å². The summed E-state index contributed by atoms with van der Waals surface area (Å²) in [6.07, 6.45) is 3.16. The lowest BCUT2D eigenvalue weighted by Gasteiger charge is -2.28. The summed E-state index contributed by atoms with van der Waals surface area (Å²) in [4.78, 5) is 2.08. The molecule has 1 N–H and O–H groups in total. The molecule has 2 aliphatic rings. The molecule has 2 fully saturated rings. The molecule has 6 heteroatoms. The Kier molecular flexibility index (Phi) is 4.17. The van der Waals surface area contributed by atoms with Crippen molar-refractivity contribution in [2.24, 2.45) is 0 Å². The van der Waals surface area contributed by atoms with Crippen LogP contribution in [0.5, 0.6) is 0 Å². The maximum Gasteiger partial charge on any atom is 0.152 e. The molecular formula is C15H21ClN2O2S. The highest BCUT2D eigenvalue weighted by Gasteiger charge is 2.32. The van der Waals surface area contributed by atoms with Gasteiger partial charge in [0, 0.05) is 41.9 Å². The Labute approximate surface area is 131 Å². The zero-order valence-electron chi connectivity index (χ0n) is 12.2. The number of hydrogen-bond donors (Lipinski definition) is 1. The van der Waals surface area contributed by atoms with E-state index in [2.05, 4.69) is 10.2 Å². The lowest BCUT2D eigenvalue weighted by Crippen LogP contribution is -2.33. The highest BCUT2D eigenvalue weighted by molar-refractivity contribution is 7.91. The molecule has 21 heavy (non-hydrogen) atoms. The summed E-state index contributed by atoms with van der Waals surface area (Å²) in [6.45, 7) is 0.740. The fraction of sp³-hybridized carbons (Fsp3) is 0.600. The van der Waals surface area contributed by atoms with Gasteiger partial charge in [-0.25, -0.2) is 8.42 Å². The number of anilines is 1. The third kappa shape index (κ3) is 3.52. The standard InChI is InChI=1S/C15H21ClN2O2S/c1-18(12-7-8-21(19,20)10-12)15-4-2-3-14(16)13(15)9-17-11-5-6-11/h2-4,11-12,17H,5-10H2,1H3. The quantitative estimate of drug-likeness (QED) is 0.900. The van der Waals surface area contributed by atoms with Crippen molar-refractivity contribution in [3.8, 4) is 0 Å². The van der Waals surface area contributed by atoms with Crippen molar-refractivity contribution in [2.45, 2.75) is 37.9 Å². The molecule has 1 atom stereocenters. The molecule has 1 saturated heterocycles. The van der Waals surface area contributed by atoms with Crippen molar-refractivity contribution >= 4 is 27.1 Å². The van der Waals surface area contributed by atoms with E-state index in [-0.39, 0.29) is 17.5 Å². The zero-order valence-corrected chi connectivity index (χ0v) is 13.8. The summed E-state index contributed by atoms with van der Waals surface area (Å²) in [5.41, 5.74) is 2.11. The van der Waals surface area contributed by atoms with Gasteiger partial charge in [0.15, 0.2) is 9.84 Å². The Hall–Kier alpha value is -0.780. The molecule has 0 aromatic heterocycles. The van der Waals surface area contributed by atoms with E-state index in [0.29, 0.717) is 12.5 Å². The van der Waals surface area contributed by atoms with Crippen LogP contribution in [0.3, 0.4) is 0 Å². The molecule has 116 valence electrons. The lowest BCUT2D eigenvalue weighted by molar-refractivity contribution is 0.600. The molecular weight excluding hydrogens is 308 g/mol. The molecule has 1 aliphatic carbocycles. The van der Waals surface area contributed by atoms with Crippen molar-refractivity contribution in [3.63, 3.8) is 0 Å². The van der Waals surface area contributed by atoms with E-state index in [1.807, 2.05) is 25.2 Å². The Morgan fingerprint density at radius 3 is 2.71 bits per heavy atom. The summed E-state index contributed by atoms with van der Waals surface area (Å²) in [5, 5.41) is 4.23. The molecule has 0 amide bonds. The number of nitrogens with one attached hydrogen (secondary N) is 1. The summed E-state index contributed by atoms with van der Waals surface area (Å²) >= 11 is 6.36. The molecule has 4 nitrogen and oxygen atoms in total. The monoisotopic (exact) mass is 328 g/mol. The summed E-state index contributed by atoms with van der Waals surface area (Å²) in [7, 11) is -0.907. The fourth-order valence-electron chi connectivity index (χ4n) is 2.86. The van der Waals surface area contributed by atoms with Crippen molar-refractivity contribution in [2.75, 3.05) is 23.5 Å². The van der Waals surface area contributed by atoms with Gasteiger partial charge in [0.1, 0.15) is 0 Å². The summed E-state index contributed by atoms with van der Waals surface area (Å²) < 4.78 is 23.4. The van der Waals surface area contributed by atoms with E-state index in [1.165, 1.54) is 12.8 Å². The predicted molar refractivity (Wildman–Crippen MR) is 86.8 cm³/mol. The van der Waals surface area contributed by atoms with Crippen LogP contribution in [0.4, 0.5) is 5.69 Å². The molecule has 1 heterocycles. The van der Waals surface area contributed by atoms with E-state index in [9.17, 15) is 8.42 Å². The van der Waals surface area contributed by atoms with Gasteiger partial charge in [0.2, 0.25) is 0 Å². The highest BCUT2D eigenvalue weighted by Crippen LogP contribution is 2.31. The van der Waals surface area contributed by atoms with Crippen LogP contribution in [0.2, 0.25) is 5.02 Å².